The summed E-state index contributed by atoms with van der Waals surface area (Å²) in [5.41, 5.74) is 2.85. The lowest BCUT2D eigenvalue weighted by Gasteiger charge is -2.09. The number of benzene rings is 2. The molecule has 5 nitrogen and oxygen atoms in total. The molecule has 1 N–H and O–H groups in total. The highest BCUT2D eigenvalue weighted by atomic mass is 16.6. The summed E-state index contributed by atoms with van der Waals surface area (Å²) < 4.78 is 5.02. The van der Waals surface area contributed by atoms with Crippen LogP contribution in [0, 0.1) is 10.1 Å². The van der Waals surface area contributed by atoms with Crippen LogP contribution in [0.3, 0.4) is 0 Å². The van der Waals surface area contributed by atoms with Gasteiger partial charge in [-0.05, 0) is 29.7 Å². The Balaban J connectivity index is 2.13. The Bertz CT molecular complexity index is 624. The number of hydrogen-bond acceptors (Lipinski definition) is 4. The molecule has 2 aromatic rings. The summed E-state index contributed by atoms with van der Waals surface area (Å²) >= 11 is 0. The summed E-state index contributed by atoms with van der Waals surface area (Å²) in [6.45, 7) is 2.64. The SMILES string of the molecule is CCc1ccc(CNc2ccc(OC)cc2[N+](=O)[O-])cc1. The third-order valence-electron chi connectivity index (χ3n) is 3.32. The average Bonchev–Trinajstić information content (AvgIpc) is 2.53. The molecule has 21 heavy (non-hydrogen) atoms. The van der Waals surface area contributed by atoms with E-state index in [-0.39, 0.29) is 5.69 Å². The molecule has 0 aliphatic heterocycles. The molecule has 5 heteroatoms. The van der Waals surface area contributed by atoms with Gasteiger partial charge in [-0.15, -0.1) is 0 Å². The highest BCUT2D eigenvalue weighted by molar-refractivity contribution is 5.64. The minimum Gasteiger partial charge on any atom is -0.496 e. The van der Waals surface area contributed by atoms with Crippen LogP contribution in [0.25, 0.3) is 0 Å². The number of nitro benzene ring substituents is 1. The molecule has 0 unspecified atom stereocenters. The molecule has 0 aliphatic rings. The Morgan fingerprint density at radius 3 is 2.38 bits per heavy atom. The molecular formula is C16H18N2O3. The molecule has 0 atom stereocenters. The molecule has 0 radical (unpaired) electrons. The highest BCUT2D eigenvalue weighted by Gasteiger charge is 2.14. The van der Waals surface area contributed by atoms with Crippen LogP contribution in [-0.4, -0.2) is 12.0 Å². The van der Waals surface area contributed by atoms with E-state index in [0.29, 0.717) is 18.0 Å². The molecule has 2 aromatic carbocycles. The van der Waals surface area contributed by atoms with Gasteiger partial charge in [0.1, 0.15) is 11.4 Å². The third kappa shape index (κ3) is 3.72. The maximum Gasteiger partial charge on any atom is 0.296 e. The van der Waals surface area contributed by atoms with Crippen molar-refractivity contribution in [2.24, 2.45) is 0 Å². The molecule has 0 aliphatic carbocycles. The summed E-state index contributed by atoms with van der Waals surface area (Å²) in [5, 5.41) is 14.2. The van der Waals surface area contributed by atoms with Gasteiger partial charge in [0, 0.05) is 6.54 Å². The van der Waals surface area contributed by atoms with Gasteiger partial charge >= 0.3 is 0 Å². The summed E-state index contributed by atoms with van der Waals surface area (Å²) in [7, 11) is 1.49. The first-order chi connectivity index (χ1) is 10.1. The van der Waals surface area contributed by atoms with Crippen molar-refractivity contribution in [3.05, 3.63) is 63.7 Å². The zero-order chi connectivity index (χ0) is 15.2. The molecule has 0 saturated heterocycles. The molecule has 0 saturated carbocycles. The standard InChI is InChI=1S/C16H18N2O3/c1-3-12-4-6-13(7-5-12)11-17-15-9-8-14(21-2)10-16(15)18(19)20/h4-10,17H,3,11H2,1-2H3. The number of nitrogens with one attached hydrogen (secondary N) is 1. The number of ether oxygens (including phenoxy) is 1. The molecular weight excluding hydrogens is 268 g/mol. The minimum absolute atomic E-state index is 0.0135. The van der Waals surface area contributed by atoms with Crippen LogP contribution < -0.4 is 10.1 Å². The van der Waals surface area contributed by atoms with Crippen molar-refractivity contribution in [1.82, 2.24) is 0 Å². The summed E-state index contributed by atoms with van der Waals surface area (Å²) in [5.74, 6) is 0.472. The Morgan fingerprint density at radius 1 is 1.14 bits per heavy atom. The van der Waals surface area contributed by atoms with E-state index in [2.05, 4.69) is 24.4 Å². The quantitative estimate of drug-likeness (QED) is 0.648. The van der Waals surface area contributed by atoms with Crippen LogP contribution in [0.1, 0.15) is 18.1 Å². The van der Waals surface area contributed by atoms with E-state index < -0.39 is 4.92 Å². The molecule has 0 bridgehead atoms. The van der Waals surface area contributed by atoms with E-state index in [1.807, 2.05) is 12.1 Å². The lowest BCUT2D eigenvalue weighted by molar-refractivity contribution is -0.384. The lowest BCUT2D eigenvalue weighted by Crippen LogP contribution is -2.03. The van der Waals surface area contributed by atoms with Gasteiger partial charge in [0.25, 0.3) is 5.69 Å². The van der Waals surface area contributed by atoms with Crippen molar-refractivity contribution in [3.8, 4) is 5.75 Å². The molecule has 110 valence electrons. The van der Waals surface area contributed by atoms with E-state index in [0.717, 1.165) is 12.0 Å². The van der Waals surface area contributed by atoms with Crippen LogP contribution in [0.4, 0.5) is 11.4 Å². The predicted molar refractivity (Wildman–Crippen MR) is 82.8 cm³/mol. The summed E-state index contributed by atoms with van der Waals surface area (Å²) in [4.78, 5) is 10.7. The second-order valence-electron chi connectivity index (χ2n) is 4.66. The first-order valence-corrected chi connectivity index (χ1v) is 6.78. The van der Waals surface area contributed by atoms with Gasteiger partial charge in [-0.2, -0.15) is 0 Å². The lowest BCUT2D eigenvalue weighted by atomic mass is 10.1. The molecule has 0 aromatic heterocycles. The first-order valence-electron chi connectivity index (χ1n) is 6.78. The Hall–Kier alpha value is -2.56. The number of rotatable bonds is 6. The first kappa shape index (κ1) is 14.8. The smallest absolute Gasteiger partial charge is 0.296 e. The molecule has 2 rings (SSSR count). The number of nitro groups is 1. The topological polar surface area (TPSA) is 64.4 Å². The number of methoxy groups -OCH3 is 1. The molecule has 0 fully saturated rings. The van der Waals surface area contributed by atoms with E-state index in [4.69, 9.17) is 4.74 Å². The monoisotopic (exact) mass is 286 g/mol. The van der Waals surface area contributed by atoms with Gasteiger partial charge in [-0.1, -0.05) is 31.2 Å². The van der Waals surface area contributed by atoms with Gasteiger partial charge in [-0.3, -0.25) is 10.1 Å². The fourth-order valence-electron chi connectivity index (χ4n) is 2.03. The van der Waals surface area contributed by atoms with Gasteiger partial charge in [0.05, 0.1) is 18.1 Å². The van der Waals surface area contributed by atoms with Crippen LogP contribution in [0.2, 0.25) is 0 Å². The van der Waals surface area contributed by atoms with Gasteiger partial charge in [0.2, 0.25) is 0 Å². The van der Waals surface area contributed by atoms with E-state index >= 15 is 0 Å². The highest BCUT2D eigenvalue weighted by Crippen LogP contribution is 2.29. The predicted octanol–water partition coefficient (Wildman–Crippen LogP) is 3.78. The van der Waals surface area contributed by atoms with E-state index in [1.54, 1.807) is 12.1 Å². The van der Waals surface area contributed by atoms with Gasteiger partial charge in [-0.25, -0.2) is 0 Å². The Morgan fingerprint density at radius 2 is 1.81 bits per heavy atom. The summed E-state index contributed by atoms with van der Waals surface area (Å²) in [6, 6.07) is 13.0. The number of nitrogens with zero attached hydrogens (tertiary/aromatic N) is 1. The van der Waals surface area contributed by atoms with E-state index in [9.17, 15) is 10.1 Å². The van der Waals surface area contributed by atoms with Gasteiger partial charge in [0.15, 0.2) is 0 Å². The maximum absolute atomic E-state index is 11.1. The fourth-order valence-corrected chi connectivity index (χ4v) is 2.03. The number of hydrogen-bond donors (Lipinski definition) is 1. The normalized spacial score (nSPS) is 10.2. The molecule has 0 heterocycles. The molecule has 0 spiro atoms. The van der Waals surface area contributed by atoms with Crippen LogP contribution in [-0.2, 0) is 13.0 Å². The Kier molecular flexibility index (Phi) is 4.77. The van der Waals surface area contributed by atoms with Crippen molar-refractivity contribution < 1.29 is 9.66 Å². The Labute approximate surface area is 123 Å². The van der Waals surface area contributed by atoms with Gasteiger partial charge < -0.3 is 10.1 Å². The fraction of sp³-hybridized carbons (Fsp3) is 0.250. The van der Waals surface area contributed by atoms with Crippen molar-refractivity contribution in [1.29, 1.82) is 0 Å². The van der Waals surface area contributed by atoms with Crippen molar-refractivity contribution in [2.45, 2.75) is 19.9 Å². The zero-order valence-electron chi connectivity index (χ0n) is 12.1. The number of anilines is 1. The average molecular weight is 286 g/mol. The van der Waals surface area contributed by atoms with Crippen molar-refractivity contribution in [3.63, 3.8) is 0 Å². The van der Waals surface area contributed by atoms with Crippen LogP contribution in [0.5, 0.6) is 5.75 Å². The minimum atomic E-state index is -0.412. The van der Waals surface area contributed by atoms with Crippen LogP contribution in [0.15, 0.2) is 42.5 Å². The zero-order valence-corrected chi connectivity index (χ0v) is 12.1. The summed E-state index contributed by atoms with van der Waals surface area (Å²) in [6.07, 6.45) is 0.998. The van der Waals surface area contributed by atoms with E-state index in [1.165, 1.54) is 18.7 Å². The number of aryl methyl sites for hydroxylation is 1. The van der Waals surface area contributed by atoms with Crippen LogP contribution >= 0.6 is 0 Å². The second kappa shape index (κ2) is 6.74. The second-order valence-corrected chi connectivity index (χ2v) is 4.66. The van der Waals surface area contributed by atoms with Crippen molar-refractivity contribution in [2.75, 3.05) is 12.4 Å². The third-order valence-corrected chi connectivity index (χ3v) is 3.32. The molecule has 0 amide bonds. The van der Waals surface area contributed by atoms with Crippen molar-refractivity contribution >= 4 is 11.4 Å². The largest absolute Gasteiger partial charge is 0.496 e. The maximum atomic E-state index is 11.1.